The number of aryl methyl sites for hydroxylation is 1. The third-order valence-electron chi connectivity index (χ3n) is 3.61. The Balaban J connectivity index is 1.88. The molecule has 1 fully saturated rings. The van der Waals surface area contributed by atoms with Gasteiger partial charge in [0.1, 0.15) is 0 Å². The van der Waals surface area contributed by atoms with Crippen molar-refractivity contribution in [3.63, 3.8) is 0 Å². The zero-order chi connectivity index (χ0) is 12.4. The van der Waals surface area contributed by atoms with Gasteiger partial charge in [0.05, 0.1) is 11.9 Å². The van der Waals surface area contributed by atoms with Crippen LogP contribution in [0, 0.1) is 6.92 Å². The predicted octanol–water partition coefficient (Wildman–Crippen LogP) is 2.65. The molecule has 1 aliphatic heterocycles. The van der Waals surface area contributed by atoms with Gasteiger partial charge < -0.3 is 5.32 Å². The van der Waals surface area contributed by atoms with E-state index in [9.17, 15) is 0 Å². The Kier molecular flexibility index (Phi) is 3.15. The molecule has 1 saturated heterocycles. The van der Waals surface area contributed by atoms with Gasteiger partial charge in [-0.2, -0.15) is 5.10 Å². The number of rotatable bonds is 2. The lowest BCUT2D eigenvalue weighted by molar-refractivity contribution is 0.461. The smallest absolute Gasteiger partial charge is 0.0648 e. The largest absolute Gasteiger partial charge is 0.316 e. The first-order chi connectivity index (χ1) is 8.83. The molecule has 1 aromatic carbocycles. The number of hydrogen-bond acceptors (Lipinski definition) is 2. The highest BCUT2D eigenvalue weighted by Crippen LogP contribution is 2.24. The first-order valence-electron chi connectivity index (χ1n) is 6.65. The maximum Gasteiger partial charge on any atom is 0.0648 e. The molecular formula is C15H19N3. The Bertz CT molecular complexity index is 524. The number of benzene rings is 1. The molecule has 2 heterocycles. The van der Waals surface area contributed by atoms with Crippen LogP contribution in [0.5, 0.6) is 0 Å². The summed E-state index contributed by atoms with van der Waals surface area (Å²) in [5.41, 5.74) is 3.78. The standard InChI is InChI=1S/C15H19N3/c1-12-9-17-18(11-12)15-6-2-4-13(8-15)14-5-3-7-16-10-14/h2,4,6,8-9,11,14,16H,3,5,7,10H2,1H3. The van der Waals surface area contributed by atoms with Gasteiger partial charge in [-0.3, -0.25) is 0 Å². The summed E-state index contributed by atoms with van der Waals surface area (Å²) in [4.78, 5) is 0. The summed E-state index contributed by atoms with van der Waals surface area (Å²) < 4.78 is 1.95. The Morgan fingerprint density at radius 3 is 3.06 bits per heavy atom. The number of aromatic nitrogens is 2. The van der Waals surface area contributed by atoms with E-state index in [1.807, 2.05) is 10.9 Å². The van der Waals surface area contributed by atoms with E-state index in [-0.39, 0.29) is 0 Å². The second kappa shape index (κ2) is 4.94. The minimum atomic E-state index is 0.648. The van der Waals surface area contributed by atoms with Crippen LogP contribution in [-0.2, 0) is 0 Å². The molecule has 1 N–H and O–H groups in total. The van der Waals surface area contributed by atoms with Crippen LogP contribution in [0.25, 0.3) is 5.69 Å². The number of hydrogen-bond donors (Lipinski definition) is 1. The van der Waals surface area contributed by atoms with E-state index >= 15 is 0 Å². The first kappa shape index (κ1) is 11.5. The van der Waals surface area contributed by atoms with Gasteiger partial charge in [-0.15, -0.1) is 0 Å². The fourth-order valence-corrected chi connectivity index (χ4v) is 2.61. The summed E-state index contributed by atoms with van der Waals surface area (Å²) >= 11 is 0. The molecule has 3 heteroatoms. The van der Waals surface area contributed by atoms with Gasteiger partial charge in [0.25, 0.3) is 0 Å². The highest BCUT2D eigenvalue weighted by atomic mass is 15.3. The van der Waals surface area contributed by atoms with E-state index in [4.69, 9.17) is 0 Å². The molecular weight excluding hydrogens is 222 g/mol. The fourth-order valence-electron chi connectivity index (χ4n) is 2.61. The summed E-state index contributed by atoms with van der Waals surface area (Å²) in [7, 11) is 0. The highest BCUT2D eigenvalue weighted by molar-refractivity contribution is 5.37. The third kappa shape index (κ3) is 2.31. The van der Waals surface area contributed by atoms with Crippen LogP contribution in [0.4, 0.5) is 0 Å². The molecule has 0 amide bonds. The van der Waals surface area contributed by atoms with Gasteiger partial charge in [-0.25, -0.2) is 4.68 Å². The zero-order valence-electron chi connectivity index (χ0n) is 10.8. The van der Waals surface area contributed by atoms with Crippen LogP contribution < -0.4 is 5.32 Å². The van der Waals surface area contributed by atoms with E-state index in [1.165, 1.54) is 24.0 Å². The number of nitrogens with zero attached hydrogens (tertiary/aromatic N) is 2. The maximum absolute atomic E-state index is 4.37. The molecule has 0 bridgehead atoms. The Hall–Kier alpha value is -1.61. The van der Waals surface area contributed by atoms with E-state index in [0.717, 1.165) is 18.8 Å². The van der Waals surface area contributed by atoms with Crippen LogP contribution in [-0.4, -0.2) is 22.9 Å². The molecule has 2 aromatic rings. The summed E-state index contributed by atoms with van der Waals surface area (Å²) in [5.74, 6) is 0.648. The summed E-state index contributed by atoms with van der Waals surface area (Å²) in [6.07, 6.45) is 6.53. The van der Waals surface area contributed by atoms with Crippen molar-refractivity contribution in [3.8, 4) is 5.69 Å². The normalized spacial score (nSPS) is 19.9. The molecule has 0 saturated carbocycles. The molecule has 3 rings (SSSR count). The fraction of sp³-hybridized carbons (Fsp3) is 0.400. The molecule has 0 spiro atoms. The average molecular weight is 241 g/mol. The van der Waals surface area contributed by atoms with Crippen LogP contribution in [0.15, 0.2) is 36.7 Å². The summed E-state index contributed by atoms with van der Waals surface area (Å²) in [6, 6.07) is 8.75. The molecule has 1 unspecified atom stereocenters. The van der Waals surface area contributed by atoms with Crippen molar-refractivity contribution in [1.29, 1.82) is 0 Å². The second-order valence-electron chi connectivity index (χ2n) is 5.10. The number of nitrogens with one attached hydrogen (secondary N) is 1. The molecule has 94 valence electrons. The van der Waals surface area contributed by atoms with Gasteiger partial charge in [0, 0.05) is 12.7 Å². The minimum absolute atomic E-state index is 0.648. The van der Waals surface area contributed by atoms with Gasteiger partial charge in [-0.05, 0) is 55.5 Å². The summed E-state index contributed by atoms with van der Waals surface area (Å²) in [6.45, 7) is 4.33. The Labute approximate surface area is 108 Å². The topological polar surface area (TPSA) is 29.9 Å². The summed E-state index contributed by atoms with van der Waals surface area (Å²) in [5, 5.41) is 7.85. The van der Waals surface area contributed by atoms with Gasteiger partial charge in [0.15, 0.2) is 0 Å². The van der Waals surface area contributed by atoms with Crippen LogP contribution in [0.2, 0.25) is 0 Å². The molecule has 0 aliphatic carbocycles. The maximum atomic E-state index is 4.37. The molecule has 1 aromatic heterocycles. The van der Waals surface area contributed by atoms with Crippen molar-refractivity contribution < 1.29 is 0 Å². The van der Waals surface area contributed by atoms with Crippen molar-refractivity contribution in [3.05, 3.63) is 47.8 Å². The van der Waals surface area contributed by atoms with Crippen molar-refractivity contribution in [2.24, 2.45) is 0 Å². The molecule has 0 radical (unpaired) electrons. The average Bonchev–Trinajstić information content (AvgIpc) is 2.87. The lowest BCUT2D eigenvalue weighted by atomic mass is 9.91. The zero-order valence-corrected chi connectivity index (χ0v) is 10.8. The van der Waals surface area contributed by atoms with Crippen molar-refractivity contribution in [1.82, 2.24) is 15.1 Å². The Morgan fingerprint density at radius 1 is 1.39 bits per heavy atom. The SMILES string of the molecule is Cc1cnn(-c2cccc(C3CCCNC3)c2)c1. The number of piperidine rings is 1. The second-order valence-corrected chi connectivity index (χ2v) is 5.10. The molecule has 1 aliphatic rings. The third-order valence-corrected chi connectivity index (χ3v) is 3.61. The van der Waals surface area contributed by atoms with Gasteiger partial charge >= 0.3 is 0 Å². The van der Waals surface area contributed by atoms with Crippen molar-refractivity contribution in [2.45, 2.75) is 25.7 Å². The lowest BCUT2D eigenvalue weighted by Gasteiger charge is -2.23. The quantitative estimate of drug-likeness (QED) is 0.876. The highest BCUT2D eigenvalue weighted by Gasteiger charge is 2.15. The molecule has 3 nitrogen and oxygen atoms in total. The van der Waals surface area contributed by atoms with Crippen molar-refractivity contribution in [2.75, 3.05) is 13.1 Å². The van der Waals surface area contributed by atoms with Gasteiger partial charge in [-0.1, -0.05) is 12.1 Å². The predicted molar refractivity (Wildman–Crippen MR) is 73.1 cm³/mol. The van der Waals surface area contributed by atoms with Crippen molar-refractivity contribution >= 4 is 0 Å². The van der Waals surface area contributed by atoms with Crippen LogP contribution in [0.1, 0.15) is 29.9 Å². The lowest BCUT2D eigenvalue weighted by Crippen LogP contribution is -2.28. The van der Waals surface area contributed by atoms with Crippen LogP contribution >= 0.6 is 0 Å². The minimum Gasteiger partial charge on any atom is -0.316 e. The molecule has 1 atom stereocenters. The Morgan fingerprint density at radius 2 is 2.33 bits per heavy atom. The first-order valence-corrected chi connectivity index (χ1v) is 6.65. The van der Waals surface area contributed by atoms with E-state index in [0.29, 0.717) is 5.92 Å². The van der Waals surface area contributed by atoms with E-state index in [2.05, 4.69) is 47.8 Å². The van der Waals surface area contributed by atoms with E-state index in [1.54, 1.807) is 0 Å². The van der Waals surface area contributed by atoms with Crippen LogP contribution in [0.3, 0.4) is 0 Å². The monoisotopic (exact) mass is 241 g/mol. The van der Waals surface area contributed by atoms with E-state index < -0.39 is 0 Å². The van der Waals surface area contributed by atoms with Gasteiger partial charge in [0.2, 0.25) is 0 Å². The molecule has 18 heavy (non-hydrogen) atoms.